The largest absolute Gasteiger partial charge is 0.481 e. The Morgan fingerprint density at radius 3 is 1.80 bits per heavy atom. The summed E-state index contributed by atoms with van der Waals surface area (Å²) >= 11 is 0. The fraction of sp³-hybridized carbons (Fsp3) is 0.556. The average Bonchev–Trinajstić information content (AvgIpc) is 2.57. The van der Waals surface area contributed by atoms with Gasteiger partial charge in [0.1, 0.15) is 0 Å². The smallest absolute Gasteiger partial charge is 0.303 e. The standard InChI is InChI=1S/C5H8O4.C4H5NO5S/c6-4(7)2-1-3-5(8)9;6-3-1-2(4(7)5-3)11(8,9)10/h1-3H2,(H,6,7)(H,8,9);2H,1H2,(H,5,6,7)(H,8,9,10). The van der Waals surface area contributed by atoms with E-state index in [2.05, 4.69) is 0 Å². The Morgan fingerprint density at radius 2 is 1.60 bits per heavy atom. The molecule has 0 aromatic carbocycles. The van der Waals surface area contributed by atoms with Gasteiger partial charge >= 0.3 is 11.9 Å². The maximum absolute atomic E-state index is 10.6. The first-order chi connectivity index (χ1) is 9.04. The molecule has 10 nitrogen and oxygen atoms in total. The van der Waals surface area contributed by atoms with Crippen molar-refractivity contribution >= 4 is 33.9 Å². The molecule has 1 atom stereocenters. The quantitative estimate of drug-likeness (QED) is 0.352. The van der Waals surface area contributed by atoms with E-state index in [4.69, 9.17) is 14.8 Å². The Bertz CT molecular complexity index is 496. The zero-order valence-corrected chi connectivity index (χ0v) is 10.9. The highest BCUT2D eigenvalue weighted by Crippen LogP contribution is 2.09. The van der Waals surface area contributed by atoms with E-state index in [9.17, 15) is 27.6 Å². The molecule has 1 fully saturated rings. The fourth-order valence-corrected chi connectivity index (χ4v) is 1.85. The van der Waals surface area contributed by atoms with Gasteiger partial charge in [0.2, 0.25) is 11.8 Å². The molecule has 11 heteroatoms. The lowest BCUT2D eigenvalue weighted by Crippen LogP contribution is -2.30. The van der Waals surface area contributed by atoms with Crippen LogP contribution < -0.4 is 5.32 Å². The molecule has 0 saturated carbocycles. The highest BCUT2D eigenvalue weighted by Gasteiger charge is 2.39. The molecule has 20 heavy (non-hydrogen) atoms. The zero-order chi connectivity index (χ0) is 15.9. The molecule has 0 aliphatic carbocycles. The van der Waals surface area contributed by atoms with Gasteiger partial charge in [-0.25, -0.2) is 0 Å². The van der Waals surface area contributed by atoms with Crippen LogP contribution in [0.2, 0.25) is 0 Å². The minimum absolute atomic E-state index is 0.0632. The van der Waals surface area contributed by atoms with Gasteiger partial charge in [0.15, 0.2) is 5.25 Å². The van der Waals surface area contributed by atoms with Gasteiger partial charge in [-0.05, 0) is 6.42 Å². The first-order valence-electron chi connectivity index (χ1n) is 5.27. The summed E-state index contributed by atoms with van der Waals surface area (Å²) in [6.07, 6.45) is -0.402. The topological polar surface area (TPSA) is 175 Å². The van der Waals surface area contributed by atoms with Crippen LogP contribution in [0, 0.1) is 0 Å². The predicted molar refractivity (Wildman–Crippen MR) is 62.2 cm³/mol. The van der Waals surface area contributed by atoms with Crippen molar-refractivity contribution in [1.82, 2.24) is 5.32 Å². The summed E-state index contributed by atoms with van der Waals surface area (Å²) in [6.45, 7) is 0. The van der Waals surface area contributed by atoms with Gasteiger partial charge in [0, 0.05) is 12.8 Å². The Morgan fingerprint density at radius 1 is 1.15 bits per heavy atom. The molecule has 4 N–H and O–H groups in total. The third-order valence-corrected chi connectivity index (χ3v) is 3.17. The third-order valence-electron chi connectivity index (χ3n) is 2.07. The van der Waals surface area contributed by atoms with Crippen LogP contribution in [0.25, 0.3) is 0 Å². The lowest BCUT2D eigenvalue weighted by Gasteiger charge is -1.98. The van der Waals surface area contributed by atoms with Gasteiger partial charge in [0.25, 0.3) is 10.1 Å². The van der Waals surface area contributed by atoms with Crippen molar-refractivity contribution in [3.8, 4) is 0 Å². The van der Waals surface area contributed by atoms with Crippen LogP contribution in [0.1, 0.15) is 25.7 Å². The van der Waals surface area contributed by atoms with Crippen LogP contribution in [-0.2, 0) is 29.3 Å². The summed E-state index contributed by atoms with van der Waals surface area (Å²) < 4.78 is 29.0. The van der Waals surface area contributed by atoms with Crippen LogP contribution in [0.4, 0.5) is 0 Å². The van der Waals surface area contributed by atoms with Gasteiger partial charge in [-0.2, -0.15) is 8.42 Å². The minimum Gasteiger partial charge on any atom is -0.481 e. The Hall–Kier alpha value is -2.01. The molecule has 1 heterocycles. The second-order valence-corrected chi connectivity index (χ2v) is 5.36. The summed E-state index contributed by atoms with van der Waals surface area (Å²) in [5, 5.41) is 16.2. The number of nitrogens with one attached hydrogen (secondary N) is 1. The van der Waals surface area contributed by atoms with Crippen molar-refractivity contribution in [3.63, 3.8) is 0 Å². The second kappa shape index (κ2) is 7.55. The maximum Gasteiger partial charge on any atom is 0.303 e. The lowest BCUT2D eigenvalue weighted by molar-refractivity contribution is -0.138. The summed E-state index contributed by atoms with van der Waals surface area (Å²) in [7, 11) is -4.42. The lowest BCUT2D eigenvalue weighted by atomic mass is 10.2. The highest BCUT2D eigenvalue weighted by atomic mass is 32.2. The summed E-state index contributed by atoms with van der Waals surface area (Å²) in [5.41, 5.74) is 0. The number of imide groups is 1. The number of carboxylic acids is 2. The van der Waals surface area contributed by atoms with Gasteiger partial charge in [-0.3, -0.25) is 29.0 Å². The summed E-state index contributed by atoms with van der Waals surface area (Å²) in [5.74, 6) is -3.54. The van der Waals surface area contributed by atoms with E-state index in [-0.39, 0.29) is 19.3 Å². The van der Waals surface area contributed by atoms with Crippen molar-refractivity contribution in [2.75, 3.05) is 0 Å². The number of aliphatic carboxylic acids is 2. The molecule has 1 rings (SSSR count). The van der Waals surface area contributed by atoms with Crippen molar-refractivity contribution in [3.05, 3.63) is 0 Å². The van der Waals surface area contributed by atoms with E-state index in [1.807, 2.05) is 0 Å². The van der Waals surface area contributed by atoms with Crippen LogP contribution >= 0.6 is 0 Å². The van der Waals surface area contributed by atoms with E-state index in [0.717, 1.165) is 0 Å². The first kappa shape index (κ1) is 18.0. The summed E-state index contributed by atoms with van der Waals surface area (Å²) in [4.78, 5) is 40.5. The number of amides is 2. The second-order valence-electron chi connectivity index (χ2n) is 3.76. The molecular weight excluding hydrogens is 298 g/mol. The normalized spacial score (nSPS) is 17.9. The monoisotopic (exact) mass is 311 g/mol. The van der Waals surface area contributed by atoms with Crippen LogP contribution in [0.3, 0.4) is 0 Å². The van der Waals surface area contributed by atoms with Crippen molar-refractivity contribution in [1.29, 1.82) is 0 Å². The summed E-state index contributed by atoms with van der Waals surface area (Å²) in [6, 6.07) is 0. The van der Waals surface area contributed by atoms with Gasteiger partial charge in [-0.1, -0.05) is 0 Å². The van der Waals surface area contributed by atoms with Gasteiger partial charge in [-0.15, -0.1) is 0 Å². The van der Waals surface area contributed by atoms with Crippen LogP contribution in [0.5, 0.6) is 0 Å². The average molecular weight is 311 g/mol. The van der Waals surface area contributed by atoms with Gasteiger partial charge < -0.3 is 10.2 Å². The number of carbonyl (C=O) groups is 4. The molecule has 114 valence electrons. The van der Waals surface area contributed by atoms with Crippen LogP contribution in [-0.4, -0.2) is 52.2 Å². The number of hydrogen-bond acceptors (Lipinski definition) is 6. The molecule has 1 unspecified atom stereocenters. The molecule has 1 aliphatic rings. The first-order valence-corrected chi connectivity index (χ1v) is 6.78. The zero-order valence-electron chi connectivity index (χ0n) is 10.1. The molecule has 0 spiro atoms. The molecule has 0 bridgehead atoms. The molecular formula is C9H13NO9S. The van der Waals surface area contributed by atoms with E-state index in [0.29, 0.717) is 0 Å². The highest BCUT2D eigenvalue weighted by molar-refractivity contribution is 7.87. The third kappa shape index (κ3) is 7.43. The Labute approximate surface area is 113 Å². The SMILES string of the molecule is O=C(O)CCCC(=O)O.O=C1CC(S(=O)(=O)O)C(=O)N1. The molecule has 0 radical (unpaired) electrons. The molecule has 0 aromatic heterocycles. The molecule has 0 aromatic rings. The number of rotatable bonds is 5. The van der Waals surface area contributed by atoms with E-state index < -0.39 is 45.5 Å². The minimum atomic E-state index is -4.42. The number of hydrogen-bond donors (Lipinski definition) is 4. The van der Waals surface area contributed by atoms with Crippen molar-refractivity contribution < 1.29 is 42.4 Å². The van der Waals surface area contributed by atoms with Crippen molar-refractivity contribution in [2.24, 2.45) is 0 Å². The fourth-order valence-electron chi connectivity index (χ4n) is 1.16. The van der Waals surface area contributed by atoms with E-state index >= 15 is 0 Å². The maximum atomic E-state index is 10.6. The van der Waals surface area contributed by atoms with Crippen LogP contribution in [0.15, 0.2) is 0 Å². The number of carbonyl (C=O) groups excluding carboxylic acids is 2. The van der Waals surface area contributed by atoms with Crippen molar-refractivity contribution in [2.45, 2.75) is 30.9 Å². The van der Waals surface area contributed by atoms with E-state index in [1.165, 1.54) is 0 Å². The Balaban J connectivity index is 0.000000370. The predicted octanol–water partition coefficient (Wildman–Crippen LogP) is -1.38. The molecule has 2 amide bonds. The molecule has 1 saturated heterocycles. The number of carboxylic acid groups (broad SMARTS) is 2. The molecule has 1 aliphatic heterocycles. The Kier molecular flexibility index (Phi) is 6.79. The van der Waals surface area contributed by atoms with Gasteiger partial charge in [0.05, 0.1) is 6.42 Å². The van der Waals surface area contributed by atoms with E-state index in [1.54, 1.807) is 5.32 Å².